The van der Waals surface area contributed by atoms with Gasteiger partial charge in [0.25, 0.3) is 0 Å². The molecule has 2 rings (SSSR count). The molecule has 1 aliphatic carbocycles. The lowest BCUT2D eigenvalue weighted by molar-refractivity contribution is -0.124. The highest BCUT2D eigenvalue weighted by molar-refractivity contribution is 5.78. The third-order valence-corrected chi connectivity index (χ3v) is 4.44. The maximum atomic E-state index is 12.0. The zero-order valence-corrected chi connectivity index (χ0v) is 12.8. The van der Waals surface area contributed by atoms with Gasteiger partial charge < -0.3 is 15.5 Å². The van der Waals surface area contributed by atoms with Gasteiger partial charge in [0.05, 0.1) is 0 Å². The van der Waals surface area contributed by atoms with E-state index in [0.717, 1.165) is 38.4 Å². The molecule has 2 N–H and O–H groups in total. The Bertz CT molecular complexity index is 362. The molecule has 1 saturated heterocycles. The number of piperidine rings is 1. The Kier molecular flexibility index (Phi) is 4.89. The first-order valence-electron chi connectivity index (χ1n) is 7.80. The number of urea groups is 1. The van der Waals surface area contributed by atoms with Crippen molar-refractivity contribution in [3.05, 3.63) is 0 Å². The summed E-state index contributed by atoms with van der Waals surface area (Å²) >= 11 is 0. The smallest absolute Gasteiger partial charge is 0.317 e. The molecule has 3 amide bonds. The van der Waals surface area contributed by atoms with Crippen molar-refractivity contribution in [3.8, 4) is 0 Å². The van der Waals surface area contributed by atoms with Crippen molar-refractivity contribution in [2.75, 3.05) is 19.6 Å². The molecule has 2 atom stereocenters. The van der Waals surface area contributed by atoms with Crippen LogP contribution in [0.25, 0.3) is 0 Å². The van der Waals surface area contributed by atoms with Crippen LogP contribution in [-0.4, -0.2) is 42.5 Å². The molecule has 1 aliphatic heterocycles. The Balaban J connectivity index is 1.65. The maximum absolute atomic E-state index is 12.0. The average molecular weight is 281 g/mol. The zero-order valence-electron chi connectivity index (χ0n) is 12.8. The predicted molar refractivity (Wildman–Crippen MR) is 78.2 cm³/mol. The van der Waals surface area contributed by atoms with Crippen LogP contribution in [0.5, 0.6) is 0 Å². The van der Waals surface area contributed by atoms with Gasteiger partial charge in [-0.2, -0.15) is 0 Å². The summed E-state index contributed by atoms with van der Waals surface area (Å²) in [5.41, 5.74) is 0. The fraction of sp³-hybridized carbons (Fsp3) is 0.867. The van der Waals surface area contributed by atoms with Gasteiger partial charge in [-0.1, -0.05) is 20.8 Å². The van der Waals surface area contributed by atoms with Crippen LogP contribution in [0.15, 0.2) is 0 Å². The topological polar surface area (TPSA) is 61.4 Å². The number of nitrogens with one attached hydrogen (secondary N) is 2. The summed E-state index contributed by atoms with van der Waals surface area (Å²) in [6, 6.07) is 0.273. The van der Waals surface area contributed by atoms with Gasteiger partial charge in [-0.15, -0.1) is 0 Å². The second-order valence-corrected chi connectivity index (χ2v) is 6.58. The van der Waals surface area contributed by atoms with Gasteiger partial charge in [-0.25, -0.2) is 4.79 Å². The van der Waals surface area contributed by atoms with E-state index < -0.39 is 0 Å². The van der Waals surface area contributed by atoms with Crippen molar-refractivity contribution in [1.29, 1.82) is 0 Å². The quantitative estimate of drug-likeness (QED) is 0.822. The number of hydrogen-bond acceptors (Lipinski definition) is 2. The summed E-state index contributed by atoms with van der Waals surface area (Å²) in [6.07, 6.45) is 2.95. The summed E-state index contributed by atoms with van der Waals surface area (Å²) in [5.74, 6) is 1.58. The fourth-order valence-electron chi connectivity index (χ4n) is 2.61. The number of hydrogen-bond donors (Lipinski definition) is 2. The van der Waals surface area contributed by atoms with E-state index in [0.29, 0.717) is 5.92 Å². The van der Waals surface area contributed by atoms with Crippen LogP contribution in [0.3, 0.4) is 0 Å². The first-order chi connectivity index (χ1) is 9.47. The highest BCUT2D eigenvalue weighted by Crippen LogP contribution is 2.36. The minimum Gasteiger partial charge on any atom is -0.353 e. The Morgan fingerprint density at radius 3 is 2.35 bits per heavy atom. The number of rotatable bonds is 4. The Morgan fingerprint density at radius 2 is 1.85 bits per heavy atom. The third-order valence-electron chi connectivity index (χ3n) is 4.44. The fourth-order valence-corrected chi connectivity index (χ4v) is 2.61. The minimum absolute atomic E-state index is 0.0249. The van der Waals surface area contributed by atoms with Crippen LogP contribution in [0.1, 0.15) is 40.0 Å². The molecule has 114 valence electrons. The Morgan fingerprint density at radius 1 is 1.25 bits per heavy atom. The number of carbonyl (C=O) groups is 2. The van der Waals surface area contributed by atoms with Gasteiger partial charge >= 0.3 is 6.03 Å². The zero-order chi connectivity index (χ0) is 14.7. The van der Waals surface area contributed by atoms with Gasteiger partial charge in [-0.3, -0.25) is 4.79 Å². The first kappa shape index (κ1) is 15.1. The molecule has 20 heavy (non-hydrogen) atoms. The van der Waals surface area contributed by atoms with E-state index in [-0.39, 0.29) is 23.9 Å². The van der Waals surface area contributed by atoms with Gasteiger partial charge in [-0.05, 0) is 31.1 Å². The van der Waals surface area contributed by atoms with Crippen LogP contribution >= 0.6 is 0 Å². The standard InChI is InChI=1S/C15H27N3O2/c1-10(2)14(19)17-13-4-6-18(7-5-13)15(20)16-9-12-8-11(12)3/h10-13H,4-9H2,1-3H3,(H,16,20)(H,17,19). The van der Waals surface area contributed by atoms with E-state index in [4.69, 9.17) is 0 Å². The normalized spacial score (nSPS) is 26.5. The molecule has 0 aromatic rings. The van der Waals surface area contributed by atoms with E-state index in [9.17, 15) is 9.59 Å². The van der Waals surface area contributed by atoms with E-state index >= 15 is 0 Å². The lowest BCUT2D eigenvalue weighted by Gasteiger charge is -2.32. The summed E-state index contributed by atoms with van der Waals surface area (Å²) in [7, 11) is 0. The number of nitrogens with zero attached hydrogens (tertiary/aromatic N) is 1. The van der Waals surface area contributed by atoms with Gasteiger partial charge in [0.2, 0.25) is 5.91 Å². The van der Waals surface area contributed by atoms with Crippen molar-refractivity contribution in [3.63, 3.8) is 0 Å². The second kappa shape index (κ2) is 6.46. The minimum atomic E-state index is 0.0249. The Hall–Kier alpha value is -1.26. The largest absolute Gasteiger partial charge is 0.353 e. The molecule has 2 fully saturated rings. The number of carbonyl (C=O) groups excluding carboxylic acids is 2. The molecule has 2 aliphatic rings. The molecule has 1 saturated carbocycles. The molecular weight excluding hydrogens is 254 g/mol. The molecule has 0 bridgehead atoms. The number of likely N-dealkylation sites (tertiary alicyclic amines) is 1. The van der Waals surface area contributed by atoms with Crippen molar-refractivity contribution in [2.24, 2.45) is 17.8 Å². The SMILES string of the molecule is CC(C)C(=O)NC1CCN(C(=O)NCC2CC2C)CC1. The van der Waals surface area contributed by atoms with E-state index in [2.05, 4.69) is 17.6 Å². The highest BCUT2D eigenvalue weighted by atomic mass is 16.2. The summed E-state index contributed by atoms with van der Waals surface area (Å²) in [5, 5.41) is 6.06. The van der Waals surface area contributed by atoms with E-state index in [1.807, 2.05) is 18.7 Å². The molecule has 0 aromatic heterocycles. The van der Waals surface area contributed by atoms with Crippen LogP contribution in [0.4, 0.5) is 4.79 Å². The molecule has 5 nitrogen and oxygen atoms in total. The lowest BCUT2D eigenvalue weighted by atomic mass is 10.0. The van der Waals surface area contributed by atoms with Gasteiger partial charge in [0.1, 0.15) is 0 Å². The van der Waals surface area contributed by atoms with Crippen LogP contribution in [0, 0.1) is 17.8 Å². The monoisotopic (exact) mass is 281 g/mol. The van der Waals surface area contributed by atoms with Gasteiger partial charge in [0.15, 0.2) is 0 Å². The number of amides is 3. The van der Waals surface area contributed by atoms with Crippen molar-refractivity contribution < 1.29 is 9.59 Å². The molecule has 2 unspecified atom stereocenters. The maximum Gasteiger partial charge on any atom is 0.317 e. The van der Waals surface area contributed by atoms with Crippen molar-refractivity contribution in [2.45, 2.75) is 46.1 Å². The lowest BCUT2D eigenvalue weighted by Crippen LogP contribution is -2.50. The summed E-state index contributed by atoms with van der Waals surface area (Å²) < 4.78 is 0. The van der Waals surface area contributed by atoms with Crippen LogP contribution in [0.2, 0.25) is 0 Å². The Labute approximate surface area is 121 Å². The van der Waals surface area contributed by atoms with Gasteiger partial charge in [0, 0.05) is 31.6 Å². The molecule has 5 heteroatoms. The van der Waals surface area contributed by atoms with E-state index in [1.54, 1.807) is 0 Å². The molecule has 0 spiro atoms. The molecule has 1 heterocycles. The molecular formula is C15H27N3O2. The van der Waals surface area contributed by atoms with Crippen LogP contribution < -0.4 is 10.6 Å². The molecule has 0 radical (unpaired) electrons. The third kappa shape index (κ3) is 4.12. The highest BCUT2D eigenvalue weighted by Gasteiger charge is 2.33. The van der Waals surface area contributed by atoms with E-state index in [1.165, 1.54) is 6.42 Å². The summed E-state index contributed by atoms with van der Waals surface area (Å²) in [4.78, 5) is 25.5. The first-order valence-corrected chi connectivity index (χ1v) is 7.80. The van der Waals surface area contributed by atoms with Crippen molar-refractivity contribution >= 4 is 11.9 Å². The predicted octanol–water partition coefficient (Wildman–Crippen LogP) is 1.59. The molecule has 0 aromatic carbocycles. The second-order valence-electron chi connectivity index (χ2n) is 6.58. The average Bonchev–Trinajstić information content (AvgIpc) is 3.12. The summed E-state index contributed by atoms with van der Waals surface area (Å²) in [6.45, 7) is 8.29. The van der Waals surface area contributed by atoms with Crippen molar-refractivity contribution in [1.82, 2.24) is 15.5 Å². The van der Waals surface area contributed by atoms with Crippen LogP contribution in [-0.2, 0) is 4.79 Å².